The molecule has 1 unspecified atom stereocenters. The van der Waals surface area contributed by atoms with E-state index in [1.807, 2.05) is 18.2 Å². The first-order valence-electron chi connectivity index (χ1n) is 8.15. The van der Waals surface area contributed by atoms with Crippen molar-refractivity contribution in [3.8, 4) is 6.07 Å². The lowest BCUT2D eigenvalue weighted by molar-refractivity contribution is 0.509. The first kappa shape index (κ1) is 15.1. The van der Waals surface area contributed by atoms with E-state index in [2.05, 4.69) is 18.0 Å². The average molecular weight is 335 g/mol. The van der Waals surface area contributed by atoms with Crippen molar-refractivity contribution in [3.05, 3.63) is 62.5 Å². The Hall–Kier alpha value is -2.45. The number of aryl methyl sites for hydroxylation is 1. The SMILES string of the molecule is CC1CCc2c(sc3ncn(Cc4ccccc4C#N)c(=O)c23)C1. The second kappa shape index (κ2) is 5.88. The van der Waals surface area contributed by atoms with E-state index >= 15 is 0 Å². The van der Waals surface area contributed by atoms with E-state index in [9.17, 15) is 10.1 Å². The molecule has 0 radical (unpaired) electrons. The predicted molar refractivity (Wildman–Crippen MR) is 95.3 cm³/mol. The number of hydrogen-bond acceptors (Lipinski definition) is 4. The fourth-order valence-electron chi connectivity index (χ4n) is 3.43. The van der Waals surface area contributed by atoms with E-state index in [-0.39, 0.29) is 5.56 Å². The van der Waals surface area contributed by atoms with Crippen molar-refractivity contribution in [2.45, 2.75) is 32.7 Å². The molecule has 0 fully saturated rings. The maximum Gasteiger partial charge on any atom is 0.262 e. The summed E-state index contributed by atoms with van der Waals surface area (Å²) in [5, 5.41) is 10.0. The zero-order valence-electron chi connectivity index (χ0n) is 13.5. The lowest BCUT2D eigenvalue weighted by Gasteiger charge is -2.17. The standard InChI is InChI=1S/C19H17N3OS/c1-12-6-7-15-16(8-12)24-18-17(15)19(23)22(11-21-18)10-14-5-3-2-4-13(14)9-20/h2-5,11-12H,6-8,10H2,1H3. The van der Waals surface area contributed by atoms with Gasteiger partial charge in [0.1, 0.15) is 4.83 Å². The number of hydrogen-bond donors (Lipinski definition) is 0. The van der Waals surface area contributed by atoms with E-state index in [0.717, 1.165) is 35.0 Å². The minimum absolute atomic E-state index is 0.0137. The van der Waals surface area contributed by atoms with E-state index in [4.69, 9.17) is 0 Å². The van der Waals surface area contributed by atoms with Gasteiger partial charge in [-0.2, -0.15) is 5.26 Å². The highest BCUT2D eigenvalue weighted by atomic mass is 32.1. The summed E-state index contributed by atoms with van der Waals surface area (Å²) in [6, 6.07) is 9.58. The number of nitriles is 1. The van der Waals surface area contributed by atoms with Crippen molar-refractivity contribution in [1.29, 1.82) is 5.26 Å². The average Bonchev–Trinajstić information content (AvgIpc) is 2.96. The first-order valence-corrected chi connectivity index (χ1v) is 8.96. The van der Waals surface area contributed by atoms with Crippen LogP contribution in [0.15, 0.2) is 35.4 Å². The summed E-state index contributed by atoms with van der Waals surface area (Å²) in [6.45, 7) is 2.64. The molecule has 24 heavy (non-hydrogen) atoms. The molecule has 0 spiro atoms. The van der Waals surface area contributed by atoms with Crippen LogP contribution in [0.1, 0.15) is 34.9 Å². The van der Waals surface area contributed by atoms with Crippen molar-refractivity contribution < 1.29 is 0 Å². The van der Waals surface area contributed by atoms with Crippen molar-refractivity contribution >= 4 is 21.6 Å². The monoisotopic (exact) mass is 335 g/mol. The molecule has 0 saturated carbocycles. The summed E-state index contributed by atoms with van der Waals surface area (Å²) in [7, 11) is 0. The van der Waals surface area contributed by atoms with E-state index in [1.54, 1.807) is 28.3 Å². The second-order valence-electron chi connectivity index (χ2n) is 6.48. The lowest BCUT2D eigenvalue weighted by atomic mass is 9.89. The van der Waals surface area contributed by atoms with Gasteiger partial charge in [-0.05, 0) is 42.4 Å². The third kappa shape index (κ3) is 2.44. The number of nitrogens with zero attached hydrogens (tertiary/aromatic N) is 3. The summed E-state index contributed by atoms with van der Waals surface area (Å²) in [6.07, 6.45) is 4.76. The van der Waals surface area contributed by atoms with Gasteiger partial charge in [0.2, 0.25) is 0 Å². The second-order valence-corrected chi connectivity index (χ2v) is 7.56. The minimum atomic E-state index is 0.0137. The Kier molecular flexibility index (Phi) is 3.70. The fraction of sp³-hybridized carbons (Fsp3) is 0.316. The van der Waals surface area contributed by atoms with E-state index in [1.165, 1.54) is 10.4 Å². The molecule has 2 heterocycles. The van der Waals surface area contributed by atoms with Gasteiger partial charge in [-0.25, -0.2) is 4.98 Å². The molecular formula is C19H17N3OS. The van der Waals surface area contributed by atoms with Crippen LogP contribution in [-0.4, -0.2) is 9.55 Å². The number of aromatic nitrogens is 2. The molecule has 4 nitrogen and oxygen atoms in total. The molecule has 2 aromatic heterocycles. The summed E-state index contributed by atoms with van der Waals surface area (Å²) in [4.78, 5) is 19.7. The topological polar surface area (TPSA) is 58.7 Å². The van der Waals surface area contributed by atoms with Gasteiger partial charge in [0.05, 0.1) is 29.9 Å². The van der Waals surface area contributed by atoms with Crippen molar-refractivity contribution in [1.82, 2.24) is 9.55 Å². The van der Waals surface area contributed by atoms with Crippen LogP contribution in [0.3, 0.4) is 0 Å². The van der Waals surface area contributed by atoms with Crippen LogP contribution in [0.2, 0.25) is 0 Å². The maximum atomic E-state index is 13.0. The van der Waals surface area contributed by atoms with Crippen LogP contribution in [0.5, 0.6) is 0 Å². The highest BCUT2D eigenvalue weighted by Gasteiger charge is 2.23. The van der Waals surface area contributed by atoms with Gasteiger partial charge in [-0.3, -0.25) is 9.36 Å². The Morgan fingerprint density at radius 1 is 1.42 bits per heavy atom. The molecule has 0 saturated heterocycles. The fourth-order valence-corrected chi connectivity index (χ4v) is 4.77. The molecule has 1 aliphatic rings. The van der Waals surface area contributed by atoms with Crippen LogP contribution in [-0.2, 0) is 19.4 Å². The van der Waals surface area contributed by atoms with Crippen LogP contribution in [0.4, 0.5) is 0 Å². The van der Waals surface area contributed by atoms with Crippen LogP contribution in [0.25, 0.3) is 10.2 Å². The number of benzene rings is 1. The third-order valence-electron chi connectivity index (χ3n) is 4.76. The summed E-state index contributed by atoms with van der Waals surface area (Å²) < 4.78 is 1.63. The normalized spacial score (nSPS) is 16.8. The van der Waals surface area contributed by atoms with E-state index in [0.29, 0.717) is 18.0 Å². The first-order chi connectivity index (χ1) is 11.7. The molecule has 5 heteroatoms. The van der Waals surface area contributed by atoms with Gasteiger partial charge in [-0.15, -0.1) is 11.3 Å². The van der Waals surface area contributed by atoms with Crippen molar-refractivity contribution in [3.63, 3.8) is 0 Å². The molecule has 4 rings (SSSR count). The third-order valence-corrected chi connectivity index (χ3v) is 5.92. The van der Waals surface area contributed by atoms with Gasteiger partial charge >= 0.3 is 0 Å². The molecule has 120 valence electrons. The lowest BCUT2D eigenvalue weighted by Crippen LogP contribution is -2.22. The van der Waals surface area contributed by atoms with Gasteiger partial charge in [-0.1, -0.05) is 25.1 Å². The minimum Gasteiger partial charge on any atom is -0.294 e. The Bertz CT molecular complexity index is 1030. The molecule has 0 N–H and O–H groups in total. The predicted octanol–water partition coefficient (Wildman–Crippen LogP) is 3.50. The molecule has 3 aromatic rings. The molecule has 0 bridgehead atoms. The maximum absolute atomic E-state index is 13.0. The van der Waals surface area contributed by atoms with Crippen LogP contribution in [0, 0.1) is 17.2 Å². The van der Waals surface area contributed by atoms with Gasteiger partial charge < -0.3 is 0 Å². The largest absolute Gasteiger partial charge is 0.294 e. The molecule has 1 aliphatic carbocycles. The summed E-state index contributed by atoms with van der Waals surface area (Å²) in [5.74, 6) is 0.676. The summed E-state index contributed by atoms with van der Waals surface area (Å²) >= 11 is 1.66. The zero-order chi connectivity index (χ0) is 16.7. The highest BCUT2D eigenvalue weighted by molar-refractivity contribution is 7.18. The summed E-state index contributed by atoms with van der Waals surface area (Å²) in [5.41, 5.74) is 2.67. The number of rotatable bonds is 2. The zero-order valence-corrected chi connectivity index (χ0v) is 14.3. The Balaban J connectivity index is 1.82. The van der Waals surface area contributed by atoms with Crippen molar-refractivity contribution in [2.24, 2.45) is 5.92 Å². The number of fused-ring (bicyclic) bond motifs is 3. The Labute approximate surface area is 144 Å². The number of thiophene rings is 1. The Morgan fingerprint density at radius 2 is 2.25 bits per heavy atom. The van der Waals surface area contributed by atoms with Gasteiger partial charge in [0, 0.05) is 4.88 Å². The molecule has 1 aromatic carbocycles. The van der Waals surface area contributed by atoms with Gasteiger partial charge in [0.25, 0.3) is 5.56 Å². The van der Waals surface area contributed by atoms with E-state index < -0.39 is 0 Å². The van der Waals surface area contributed by atoms with Crippen LogP contribution < -0.4 is 5.56 Å². The molecule has 0 amide bonds. The highest BCUT2D eigenvalue weighted by Crippen LogP contribution is 2.35. The Morgan fingerprint density at radius 3 is 3.08 bits per heavy atom. The van der Waals surface area contributed by atoms with Crippen molar-refractivity contribution in [2.75, 3.05) is 0 Å². The quantitative estimate of drug-likeness (QED) is 0.720. The van der Waals surface area contributed by atoms with Gasteiger partial charge in [0.15, 0.2) is 0 Å². The van der Waals surface area contributed by atoms with Crippen LogP contribution >= 0.6 is 11.3 Å². The molecule has 0 aliphatic heterocycles. The smallest absolute Gasteiger partial charge is 0.262 e. The molecular weight excluding hydrogens is 318 g/mol. The molecule has 1 atom stereocenters.